The second kappa shape index (κ2) is 9.91. The van der Waals surface area contributed by atoms with E-state index in [0.29, 0.717) is 44.1 Å². The smallest absolute Gasteiger partial charge is 0.318 e. The molecule has 2 bridgehead atoms. The van der Waals surface area contributed by atoms with Crippen molar-refractivity contribution in [2.24, 2.45) is 0 Å². The maximum atomic E-state index is 16.0. The molecule has 232 valence electrons. The van der Waals surface area contributed by atoms with Gasteiger partial charge in [0.05, 0.1) is 17.8 Å². The van der Waals surface area contributed by atoms with Gasteiger partial charge >= 0.3 is 6.01 Å². The number of nitrogens with one attached hydrogen (secondary N) is 1. The fraction of sp³-hybridized carbons (Fsp3) is 0.600. The zero-order valence-electron chi connectivity index (χ0n) is 25.7. The molecular formula is C35H43FN6O2. The molecule has 9 rings (SSSR count). The average molecular weight is 599 g/mol. The van der Waals surface area contributed by atoms with Crippen LogP contribution in [0.25, 0.3) is 10.8 Å². The number of aryl methyl sites for hydroxylation is 1. The highest BCUT2D eigenvalue weighted by atomic mass is 19.1. The van der Waals surface area contributed by atoms with E-state index in [1.165, 1.54) is 29.4 Å². The minimum Gasteiger partial charge on any atom is -0.508 e. The van der Waals surface area contributed by atoms with Crippen molar-refractivity contribution in [3.8, 4) is 11.8 Å². The Morgan fingerprint density at radius 1 is 1.05 bits per heavy atom. The molecule has 0 radical (unpaired) electrons. The van der Waals surface area contributed by atoms with Gasteiger partial charge in [0, 0.05) is 66.9 Å². The fourth-order valence-corrected chi connectivity index (χ4v) is 9.96. The van der Waals surface area contributed by atoms with Crippen molar-refractivity contribution in [2.45, 2.75) is 101 Å². The standard InChI is InChI=1S/C35H43FN6O2/c1-22-5-2-6-23-15-26(43)16-29(31(22)23)40-14-10-27-28(19-40)38-33(39-32(27)41-17-24-8-9-25(18-41)37-24)44-21-34-11-4-13-42(34)30-7-3-12-35(30,36)20-34/h2,5-6,15-16,24-25,30,37,43H,3-4,7-14,17-21H2,1H3/t24?,25?,30-,34+,35+/m1/s1. The second-order valence-electron chi connectivity index (χ2n) is 14.5. The number of anilines is 2. The molecule has 6 aliphatic rings. The molecule has 0 amide bonds. The number of phenolic OH excluding ortho intramolecular Hbond substituents is 1. The average Bonchev–Trinajstić information content (AvgIpc) is 3.73. The van der Waals surface area contributed by atoms with Gasteiger partial charge in [0.2, 0.25) is 0 Å². The largest absolute Gasteiger partial charge is 0.508 e. The highest BCUT2D eigenvalue weighted by Crippen LogP contribution is 2.55. The van der Waals surface area contributed by atoms with E-state index in [0.717, 1.165) is 80.9 Å². The van der Waals surface area contributed by atoms with Crippen LogP contribution < -0.4 is 19.9 Å². The number of benzene rings is 2. The van der Waals surface area contributed by atoms with Crippen LogP contribution in [0.3, 0.4) is 0 Å². The summed E-state index contributed by atoms with van der Waals surface area (Å²) >= 11 is 0. The predicted octanol–water partition coefficient (Wildman–Crippen LogP) is 5.03. The van der Waals surface area contributed by atoms with Crippen LogP contribution in [0.5, 0.6) is 11.8 Å². The minimum absolute atomic E-state index is 0.0408. The number of hydrogen-bond donors (Lipinski definition) is 2. The van der Waals surface area contributed by atoms with Gasteiger partial charge in [-0.15, -0.1) is 0 Å². The number of phenols is 1. The van der Waals surface area contributed by atoms with E-state index in [1.807, 2.05) is 18.2 Å². The third-order valence-electron chi connectivity index (χ3n) is 11.8. The first-order valence-corrected chi connectivity index (χ1v) is 16.8. The number of fused-ring (bicyclic) bond motifs is 7. The van der Waals surface area contributed by atoms with Gasteiger partial charge < -0.3 is 25.0 Å². The van der Waals surface area contributed by atoms with E-state index in [2.05, 4.69) is 39.1 Å². The number of aromatic nitrogens is 2. The summed E-state index contributed by atoms with van der Waals surface area (Å²) < 4.78 is 22.6. The summed E-state index contributed by atoms with van der Waals surface area (Å²) in [6.07, 6.45) is 8.52. The molecule has 5 fully saturated rings. The molecule has 8 nitrogen and oxygen atoms in total. The van der Waals surface area contributed by atoms with E-state index < -0.39 is 5.67 Å². The van der Waals surface area contributed by atoms with Crippen molar-refractivity contribution in [1.82, 2.24) is 20.2 Å². The molecule has 2 aromatic carbocycles. The molecule has 9 heteroatoms. The number of nitrogens with zero attached hydrogens (tertiary/aromatic N) is 5. The molecule has 2 unspecified atom stereocenters. The molecular weight excluding hydrogens is 555 g/mol. The van der Waals surface area contributed by atoms with Crippen molar-refractivity contribution < 1.29 is 14.2 Å². The predicted molar refractivity (Wildman–Crippen MR) is 170 cm³/mol. The molecule has 44 heavy (non-hydrogen) atoms. The second-order valence-corrected chi connectivity index (χ2v) is 14.5. The monoisotopic (exact) mass is 598 g/mol. The van der Waals surface area contributed by atoms with Crippen LogP contribution in [-0.2, 0) is 13.0 Å². The molecule has 5 atom stereocenters. The van der Waals surface area contributed by atoms with Gasteiger partial charge in [0.15, 0.2) is 0 Å². The summed E-state index contributed by atoms with van der Waals surface area (Å²) in [5.74, 6) is 1.30. The lowest BCUT2D eigenvalue weighted by atomic mass is 9.88. The van der Waals surface area contributed by atoms with Gasteiger partial charge in [-0.3, -0.25) is 4.90 Å². The number of piperazine rings is 1. The maximum absolute atomic E-state index is 16.0. The zero-order valence-corrected chi connectivity index (χ0v) is 25.7. The van der Waals surface area contributed by atoms with Crippen LogP contribution >= 0.6 is 0 Å². The lowest BCUT2D eigenvalue weighted by Crippen LogP contribution is -2.52. The number of ether oxygens (including phenoxy) is 1. The zero-order chi connectivity index (χ0) is 29.6. The van der Waals surface area contributed by atoms with E-state index in [4.69, 9.17) is 14.7 Å². The number of alkyl halides is 1. The Morgan fingerprint density at radius 3 is 2.77 bits per heavy atom. The molecule has 1 aliphatic carbocycles. The molecule has 0 spiro atoms. The fourth-order valence-electron chi connectivity index (χ4n) is 9.96. The van der Waals surface area contributed by atoms with Crippen molar-refractivity contribution in [1.29, 1.82) is 0 Å². The van der Waals surface area contributed by atoms with E-state index in [1.54, 1.807) is 0 Å². The molecule has 2 N–H and O–H groups in total. The first kappa shape index (κ1) is 27.2. The van der Waals surface area contributed by atoms with Gasteiger partial charge in [-0.2, -0.15) is 9.97 Å². The van der Waals surface area contributed by atoms with Crippen molar-refractivity contribution in [2.75, 3.05) is 42.6 Å². The number of hydrogen-bond acceptors (Lipinski definition) is 8. The van der Waals surface area contributed by atoms with Gasteiger partial charge in [-0.25, -0.2) is 4.39 Å². The molecule has 6 heterocycles. The van der Waals surface area contributed by atoms with Crippen LogP contribution in [0, 0.1) is 6.92 Å². The summed E-state index contributed by atoms with van der Waals surface area (Å²) in [5.41, 5.74) is 3.12. The van der Waals surface area contributed by atoms with Crippen molar-refractivity contribution in [3.63, 3.8) is 0 Å². The van der Waals surface area contributed by atoms with Crippen molar-refractivity contribution in [3.05, 3.63) is 47.2 Å². The number of rotatable bonds is 5. The maximum Gasteiger partial charge on any atom is 0.318 e. The minimum atomic E-state index is -1.08. The summed E-state index contributed by atoms with van der Waals surface area (Å²) in [4.78, 5) is 17.5. The first-order chi connectivity index (χ1) is 21.4. The molecule has 1 aromatic heterocycles. The van der Waals surface area contributed by atoms with Gasteiger partial charge in [0.1, 0.15) is 23.8 Å². The number of halogens is 1. The Morgan fingerprint density at radius 2 is 1.91 bits per heavy atom. The Kier molecular flexibility index (Phi) is 6.12. The van der Waals surface area contributed by atoms with E-state index in [9.17, 15) is 5.11 Å². The normalized spacial score (nSPS) is 32.7. The first-order valence-electron chi connectivity index (χ1n) is 16.8. The Hall–Kier alpha value is -3.17. The van der Waals surface area contributed by atoms with Gasteiger partial charge in [-0.05, 0) is 81.9 Å². The summed E-state index contributed by atoms with van der Waals surface area (Å²) in [6.45, 7) is 6.89. The summed E-state index contributed by atoms with van der Waals surface area (Å²) in [6, 6.07) is 11.4. The van der Waals surface area contributed by atoms with E-state index in [-0.39, 0.29) is 17.3 Å². The topological polar surface area (TPSA) is 77.0 Å². The Labute approximate surface area is 258 Å². The van der Waals surface area contributed by atoms with Gasteiger partial charge in [0.25, 0.3) is 0 Å². The highest BCUT2D eigenvalue weighted by Gasteiger charge is 2.63. The third kappa shape index (κ3) is 4.21. The summed E-state index contributed by atoms with van der Waals surface area (Å²) in [7, 11) is 0. The summed E-state index contributed by atoms with van der Waals surface area (Å²) in [5, 5.41) is 16.6. The third-order valence-corrected chi connectivity index (χ3v) is 11.8. The molecule has 4 saturated heterocycles. The SMILES string of the molecule is Cc1cccc2cc(O)cc(N3CCc4c(nc(OC[C@@]56CCCN5[C@@H]5CCC[C@]5(F)C6)nc4N4CC5CCC(C4)N5)C3)c12. The molecule has 3 aromatic rings. The molecule has 1 saturated carbocycles. The molecule has 5 aliphatic heterocycles. The van der Waals surface area contributed by atoms with Crippen LogP contribution in [-0.4, -0.2) is 82.1 Å². The lowest BCUT2D eigenvalue weighted by molar-refractivity contribution is 0.0808. The van der Waals surface area contributed by atoms with Gasteiger partial charge in [-0.1, -0.05) is 18.2 Å². The van der Waals surface area contributed by atoms with Crippen LogP contribution in [0.15, 0.2) is 30.3 Å². The number of aromatic hydroxyl groups is 1. The Balaban J connectivity index is 1.07. The van der Waals surface area contributed by atoms with E-state index >= 15 is 4.39 Å². The Bertz CT molecular complexity index is 1620. The van der Waals surface area contributed by atoms with Crippen LogP contribution in [0.4, 0.5) is 15.9 Å². The van der Waals surface area contributed by atoms with Crippen molar-refractivity contribution >= 4 is 22.3 Å². The highest BCUT2D eigenvalue weighted by molar-refractivity contribution is 5.98. The quantitative estimate of drug-likeness (QED) is 0.424. The lowest BCUT2D eigenvalue weighted by Gasteiger charge is -2.38. The van der Waals surface area contributed by atoms with Crippen LogP contribution in [0.2, 0.25) is 0 Å². The van der Waals surface area contributed by atoms with Crippen LogP contribution in [0.1, 0.15) is 68.2 Å².